The molecule has 2 heterocycles. The molecule has 2 aliphatic heterocycles. The summed E-state index contributed by atoms with van der Waals surface area (Å²) >= 11 is 6.27. The van der Waals surface area contributed by atoms with Gasteiger partial charge in [0, 0.05) is 23.2 Å². The van der Waals surface area contributed by atoms with Crippen molar-refractivity contribution >= 4 is 29.1 Å². The number of fused-ring (bicyclic) bond motifs is 4. The van der Waals surface area contributed by atoms with Gasteiger partial charge in [-0.15, -0.1) is 0 Å². The number of nitrogens with zero attached hydrogens (tertiary/aromatic N) is 1. The molecule has 7 nitrogen and oxygen atoms in total. The van der Waals surface area contributed by atoms with Crippen LogP contribution in [0, 0.1) is 6.92 Å². The maximum absolute atomic E-state index is 14.0. The lowest BCUT2D eigenvalue weighted by atomic mass is 9.75. The Kier molecular flexibility index (Phi) is 6.26. The molecule has 8 heteroatoms. The van der Waals surface area contributed by atoms with Crippen LogP contribution in [0.5, 0.6) is 17.2 Å². The normalized spacial score (nSPS) is 18.0. The number of halogens is 1. The first-order valence-corrected chi connectivity index (χ1v) is 12.1. The molecule has 0 fully saturated rings. The zero-order valence-electron chi connectivity index (χ0n) is 20.6. The number of carbonyl (C=O) groups is 2. The van der Waals surface area contributed by atoms with Crippen molar-refractivity contribution in [1.82, 2.24) is 4.90 Å². The van der Waals surface area contributed by atoms with Crippen LogP contribution in [0.4, 0.5) is 5.69 Å². The Morgan fingerprint density at radius 2 is 1.67 bits per heavy atom. The van der Waals surface area contributed by atoms with E-state index < -0.39 is 12.0 Å². The maximum Gasteiger partial charge on any atom is 0.254 e. The first kappa shape index (κ1) is 24.0. The van der Waals surface area contributed by atoms with Gasteiger partial charge in [0.2, 0.25) is 5.91 Å². The van der Waals surface area contributed by atoms with Crippen LogP contribution in [0.25, 0.3) is 0 Å². The summed E-state index contributed by atoms with van der Waals surface area (Å²) in [4.78, 5) is 29.4. The lowest BCUT2D eigenvalue weighted by Gasteiger charge is -2.45. The molecule has 0 unspecified atom stereocenters. The zero-order chi connectivity index (χ0) is 25.6. The second-order valence-electron chi connectivity index (χ2n) is 8.96. The van der Waals surface area contributed by atoms with E-state index in [2.05, 4.69) is 5.32 Å². The number of aryl methyl sites for hydroxylation is 1. The lowest BCUT2D eigenvalue weighted by molar-refractivity contribution is -0.119. The van der Waals surface area contributed by atoms with Crippen molar-refractivity contribution in [3.8, 4) is 17.2 Å². The van der Waals surface area contributed by atoms with Gasteiger partial charge in [0.25, 0.3) is 5.91 Å². The van der Waals surface area contributed by atoms with E-state index in [1.54, 1.807) is 37.3 Å². The number of nitrogens with one attached hydrogen (secondary N) is 1. The molecule has 2 amide bonds. The molecule has 0 saturated heterocycles. The highest BCUT2D eigenvalue weighted by Crippen LogP contribution is 2.48. The molecule has 2 aliphatic rings. The van der Waals surface area contributed by atoms with E-state index in [-0.39, 0.29) is 11.8 Å². The predicted octanol–water partition coefficient (Wildman–Crippen LogP) is 5.15. The summed E-state index contributed by atoms with van der Waals surface area (Å²) in [6.07, 6.45) is 0.651. The van der Waals surface area contributed by atoms with Crippen LogP contribution in [0.3, 0.4) is 0 Å². The molecule has 0 radical (unpaired) electrons. The van der Waals surface area contributed by atoms with Gasteiger partial charge in [-0.1, -0.05) is 29.8 Å². The second kappa shape index (κ2) is 9.39. The quantitative estimate of drug-likeness (QED) is 0.518. The summed E-state index contributed by atoms with van der Waals surface area (Å²) in [5.41, 5.74) is 4.47. The minimum absolute atomic E-state index is 0.0833. The third-order valence-corrected chi connectivity index (χ3v) is 7.45. The third kappa shape index (κ3) is 3.84. The average Bonchev–Trinajstić information content (AvgIpc) is 2.89. The van der Waals surface area contributed by atoms with Crippen LogP contribution in [0.15, 0.2) is 48.5 Å². The van der Waals surface area contributed by atoms with Crippen LogP contribution in [-0.4, -0.2) is 44.6 Å². The van der Waals surface area contributed by atoms with E-state index in [4.69, 9.17) is 25.8 Å². The summed E-state index contributed by atoms with van der Waals surface area (Å²) < 4.78 is 16.6. The number of methoxy groups -OCH3 is 3. The summed E-state index contributed by atoms with van der Waals surface area (Å²) in [7, 11) is 4.70. The Hall–Kier alpha value is -3.71. The number of anilines is 1. The highest BCUT2D eigenvalue weighted by molar-refractivity contribution is 6.31. The number of rotatable bonds is 5. The average molecular weight is 507 g/mol. The van der Waals surface area contributed by atoms with Crippen LogP contribution < -0.4 is 19.5 Å². The molecule has 1 N–H and O–H groups in total. The van der Waals surface area contributed by atoms with Gasteiger partial charge < -0.3 is 24.4 Å². The van der Waals surface area contributed by atoms with Crippen molar-refractivity contribution in [2.45, 2.75) is 25.3 Å². The fraction of sp³-hybridized carbons (Fsp3) is 0.286. The number of ether oxygens (including phenoxy) is 3. The second-order valence-corrected chi connectivity index (χ2v) is 9.36. The van der Waals surface area contributed by atoms with E-state index >= 15 is 0 Å². The number of amides is 2. The van der Waals surface area contributed by atoms with Gasteiger partial charge in [-0.25, -0.2) is 0 Å². The van der Waals surface area contributed by atoms with Crippen LogP contribution in [0.2, 0.25) is 5.02 Å². The van der Waals surface area contributed by atoms with Crippen molar-refractivity contribution in [2.24, 2.45) is 0 Å². The Morgan fingerprint density at radius 1 is 0.972 bits per heavy atom. The molecule has 36 heavy (non-hydrogen) atoms. The van der Waals surface area contributed by atoms with Gasteiger partial charge in [0.15, 0.2) is 11.5 Å². The van der Waals surface area contributed by atoms with Crippen LogP contribution in [0.1, 0.15) is 44.6 Å². The molecule has 0 bridgehead atoms. The zero-order valence-corrected chi connectivity index (χ0v) is 21.3. The Bertz CT molecular complexity index is 1370. The van der Waals surface area contributed by atoms with E-state index in [0.29, 0.717) is 52.1 Å². The van der Waals surface area contributed by atoms with Crippen molar-refractivity contribution in [3.05, 3.63) is 81.4 Å². The number of benzene rings is 3. The van der Waals surface area contributed by atoms with Crippen molar-refractivity contribution in [3.63, 3.8) is 0 Å². The van der Waals surface area contributed by atoms with Crippen molar-refractivity contribution < 1.29 is 23.8 Å². The monoisotopic (exact) mass is 506 g/mol. The van der Waals surface area contributed by atoms with Gasteiger partial charge in [-0.05, 0) is 59.9 Å². The highest BCUT2D eigenvalue weighted by Gasteiger charge is 2.46. The lowest BCUT2D eigenvalue weighted by Crippen LogP contribution is -2.49. The molecule has 3 aromatic rings. The van der Waals surface area contributed by atoms with Crippen LogP contribution in [-0.2, 0) is 11.2 Å². The minimum Gasteiger partial charge on any atom is -0.495 e. The number of carbonyl (C=O) groups excluding carboxylic acids is 2. The molecule has 186 valence electrons. The molecular formula is C28H27ClN2O5. The minimum atomic E-state index is -0.656. The number of hydrogen-bond donors (Lipinski definition) is 1. The Balaban J connectivity index is 1.65. The highest BCUT2D eigenvalue weighted by atomic mass is 35.5. The van der Waals surface area contributed by atoms with Gasteiger partial charge in [-0.3, -0.25) is 9.59 Å². The SMILES string of the molecule is COc1cc(Cl)c(C)cc1NC(=O)[C@H]1c2ccccc2C(=O)N2CCc3cc(OC)c(OC)cc3[C@@H]12. The summed E-state index contributed by atoms with van der Waals surface area (Å²) in [6, 6.07) is 14.1. The topological polar surface area (TPSA) is 77.1 Å². The number of hydrogen-bond acceptors (Lipinski definition) is 5. The molecule has 5 rings (SSSR count). The van der Waals surface area contributed by atoms with Gasteiger partial charge >= 0.3 is 0 Å². The van der Waals surface area contributed by atoms with Gasteiger partial charge in [-0.2, -0.15) is 0 Å². The van der Waals surface area contributed by atoms with Gasteiger partial charge in [0.05, 0.1) is 39.0 Å². The van der Waals surface area contributed by atoms with E-state index in [0.717, 1.165) is 16.7 Å². The molecule has 0 saturated carbocycles. The van der Waals surface area contributed by atoms with E-state index in [9.17, 15) is 9.59 Å². The fourth-order valence-corrected chi connectivity index (χ4v) is 5.43. The Labute approximate surface area is 214 Å². The first-order valence-electron chi connectivity index (χ1n) is 11.7. The molecular weight excluding hydrogens is 480 g/mol. The predicted molar refractivity (Wildman–Crippen MR) is 138 cm³/mol. The summed E-state index contributed by atoms with van der Waals surface area (Å²) in [5.74, 6) is 0.656. The standard InChI is InChI=1S/C28H27ClN2O5/c1-15-11-21(22(34-2)14-20(15)29)30-27(32)25-17-7-5-6-8-18(17)28(33)31-10-9-16-12-23(35-3)24(36-4)13-19(16)26(25)31/h5-8,11-14,25-26H,9-10H2,1-4H3,(H,30,32)/t25-,26-/m0/s1. The van der Waals surface area contributed by atoms with Crippen LogP contribution >= 0.6 is 11.6 Å². The van der Waals surface area contributed by atoms with E-state index in [1.165, 1.54) is 7.11 Å². The molecule has 0 aromatic heterocycles. The molecule has 2 atom stereocenters. The maximum atomic E-state index is 14.0. The molecule has 0 spiro atoms. The third-order valence-electron chi connectivity index (χ3n) is 7.05. The first-order chi connectivity index (χ1) is 17.4. The van der Waals surface area contributed by atoms with Crippen molar-refractivity contribution in [1.29, 1.82) is 0 Å². The van der Waals surface area contributed by atoms with Crippen molar-refractivity contribution in [2.75, 3.05) is 33.2 Å². The largest absolute Gasteiger partial charge is 0.495 e. The summed E-state index contributed by atoms with van der Waals surface area (Å²) in [5, 5.41) is 3.60. The molecule has 3 aromatic carbocycles. The fourth-order valence-electron chi connectivity index (χ4n) is 5.28. The van der Waals surface area contributed by atoms with E-state index in [1.807, 2.05) is 37.3 Å². The smallest absolute Gasteiger partial charge is 0.254 e. The summed E-state index contributed by atoms with van der Waals surface area (Å²) in [6.45, 7) is 2.36. The van der Waals surface area contributed by atoms with Gasteiger partial charge in [0.1, 0.15) is 5.75 Å². The molecule has 0 aliphatic carbocycles. The Morgan fingerprint density at radius 3 is 2.39 bits per heavy atom.